The van der Waals surface area contributed by atoms with Gasteiger partial charge in [-0.15, -0.1) is 0 Å². The Hall–Kier alpha value is -2.64. The van der Waals surface area contributed by atoms with Crippen molar-refractivity contribution in [2.45, 2.75) is 0 Å². The summed E-state index contributed by atoms with van der Waals surface area (Å²) < 4.78 is 15.6. The second kappa shape index (κ2) is 7.22. The van der Waals surface area contributed by atoms with E-state index >= 15 is 0 Å². The molecule has 108 valence electrons. The molecule has 0 saturated heterocycles. The van der Waals surface area contributed by atoms with Crippen LogP contribution in [-0.4, -0.2) is 21.0 Å². The van der Waals surface area contributed by atoms with Crippen LogP contribution in [0.15, 0.2) is 42.5 Å². The first-order valence-corrected chi connectivity index (χ1v) is 6.40. The molecule has 0 aliphatic rings. The van der Waals surface area contributed by atoms with Crippen LogP contribution >= 0.6 is 0 Å². The third-order valence-corrected chi connectivity index (χ3v) is 2.73. The van der Waals surface area contributed by atoms with Crippen LogP contribution in [0.4, 0.5) is 5.69 Å². The van der Waals surface area contributed by atoms with Crippen LogP contribution in [0.1, 0.15) is 11.1 Å². The summed E-state index contributed by atoms with van der Waals surface area (Å²) in [5, 5.41) is 0. The summed E-state index contributed by atoms with van der Waals surface area (Å²) in [6.07, 6.45) is 0. The maximum Gasteiger partial charge on any atom is 0.188 e. The Bertz CT molecular complexity index is 671. The number of anilines is 1. The van der Waals surface area contributed by atoms with Crippen LogP contribution in [0.25, 0.3) is 0 Å². The molecule has 0 amide bonds. The maximum absolute atomic E-state index is 5.73. The lowest BCUT2D eigenvalue weighted by Crippen LogP contribution is -2.00. The normalized spacial score (nSPS) is 9.62. The van der Waals surface area contributed by atoms with Crippen LogP contribution in [-0.2, 0) is 4.74 Å². The van der Waals surface area contributed by atoms with Crippen molar-refractivity contribution in [1.29, 1.82) is 0 Å². The first-order valence-electron chi connectivity index (χ1n) is 6.40. The summed E-state index contributed by atoms with van der Waals surface area (Å²) >= 11 is 0. The molecule has 0 saturated carbocycles. The van der Waals surface area contributed by atoms with E-state index in [4.69, 9.17) is 19.9 Å². The van der Waals surface area contributed by atoms with Gasteiger partial charge in [-0.3, -0.25) is 0 Å². The van der Waals surface area contributed by atoms with E-state index in [2.05, 4.69) is 11.8 Å². The van der Waals surface area contributed by atoms with Gasteiger partial charge in [0.15, 0.2) is 18.3 Å². The van der Waals surface area contributed by atoms with Crippen molar-refractivity contribution in [3.63, 3.8) is 0 Å². The Morgan fingerprint density at radius 3 is 2.38 bits per heavy atom. The van der Waals surface area contributed by atoms with Gasteiger partial charge < -0.3 is 19.9 Å². The summed E-state index contributed by atoms with van der Waals surface area (Å²) in [7, 11) is 3.16. The lowest BCUT2D eigenvalue weighted by Gasteiger charge is -2.09. The van der Waals surface area contributed by atoms with Crippen LogP contribution in [0.2, 0.25) is 0 Å². The van der Waals surface area contributed by atoms with Gasteiger partial charge in [0.2, 0.25) is 0 Å². The molecule has 0 atom stereocenters. The summed E-state index contributed by atoms with van der Waals surface area (Å²) in [6, 6.07) is 13.0. The van der Waals surface area contributed by atoms with Gasteiger partial charge in [-0.25, -0.2) is 0 Å². The SMILES string of the molecule is COCOc1cc(C#Cc2cccc(N)c2)ccc1OC. The predicted octanol–water partition coefficient (Wildman–Crippen LogP) is 2.66. The smallest absolute Gasteiger partial charge is 0.188 e. The molecule has 2 aromatic rings. The van der Waals surface area contributed by atoms with Crippen LogP contribution in [0.5, 0.6) is 11.5 Å². The quantitative estimate of drug-likeness (QED) is 0.532. The molecule has 0 radical (unpaired) electrons. The molecule has 0 unspecified atom stereocenters. The van der Waals surface area contributed by atoms with Gasteiger partial charge in [0.05, 0.1) is 7.11 Å². The molecule has 4 nitrogen and oxygen atoms in total. The van der Waals surface area contributed by atoms with Crippen LogP contribution < -0.4 is 15.2 Å². The minimum Gasteiger partial charge on any atom is -0.493 e. The third-order valence-electron chi connectivity index (χ3n) is 2.73. The van der Waals surface area contributed by atoms with Gasteiger partial charge >= 0.3 is 0 Å². The zero-order valence-electron chi connectivity index (χ0n) is 12.1. The molecular formula is C17H17NO3. The highest BCUT2D eigenvalue weighted by atomic mass is 16.7. The standard InChI is InChI=1S/C17H17NO3/c1-19-12-21-17-11-14(8-9-16(17)20-2)7-6-13-4-3-5-15(18)10-13/h3-5,8-11H,12,18H2,1-2H3. The molecule has 2 rings (SSSR count). The molecule has 0 aliphatic carbocycles. The van der Waals surface area contributed by atoms with Gasteiger partial charge in [0.1, 0.15) is 0 Å². The maximum atomic E-state index is 5.73. The monoisotopic (exact) mass is 283 g/mol. The molecule has 4 heteroatoms. The fraction of sp³-hybridized carbons (Fsp3) is 0.176. The zero-order chi connectivity index (χ0) is 15.1. The van der Waals surface area contributed by atoms with Gasteiger partial charge in [-0.05, 0) is 36.4 Å². The first kappa shape index (κ1) is 14.8. The molecule has 0 aromatic heterocycles. The molecule has 2 aromatic carbocycles. The third kappa shape index (κ3) is 4.16. The number of hydrogen-bond donors (Lipinski definition) is 1. The second-order valence-electron chi connectivity index (χ2n) is 4.29. The van der Waals surface area contributed by atoms with Gasteiger partial charge in [0, 0.05) is 23.9 Å². The minimum absolute atomic E-state index is 0.155. The topological polar surface area (TPSA) is 53.7 Å². The Morgan fingerprint density at radius 1 is 0.952 bits per heavy atom. The lowest BCUT2D eigenvalue weighted by molar-refractivity contribution is 0.0491. The summed E-state index contributed by atoms with van der Waals surface area (Å²) in [6.45, 7) is 0.155. The van der Waals surface area contributed by atoms with E-state index in [1.54, 1.807) is 14.2 Å². The minimum atomic E-state index is 0.155. The molecule has 0 spiro atoms. The van der Waals surface area contributed by atoms with E-state index in [0.717, 1.165) is 11.1 Å². The number of benzene rings is 2. The van der Waals surface area contributed by atoms with Crippen molar-refractivity contribution in [3.05, 3.63) is 53.6 Å². The van der Waals surface area contributed by atoms with Crippen molar-refractivity contribution < 1.29 is 14.2 Å². The summed E-state index contributed by atoms with van der Waals surface area (Å²) in [5.74, 6) is 7.38. The summed E-state index contributed by atoms with van der Waals surface area (Å²) in [4.78, 5) is 0. The van der Waals surface area contributed by atoms with Gasteiger partial charge in [-0.1, -0.05) is 17.9 Å². The zero-order valence-corrected chi connectivity index (χ0v) is 12.1. The highest BCUT2D eigenvalue weighted by molar-refractivity contribution is 5.52. The predicted molar refractivity (Wildman–Crippen MR) is 82.3 cm³/mol. The number of methoxy groups -OCH3 is 2. The second-order valence-corrected chi connectivity index (χ2v) is 4.29. The molecule has 0 bridgehead atoms. The average Bonchev–Trinajstić information content (AvgIpc) is 2.51. The lowest BCUT2D eigenvalue weighted by atomic mass is 10.1. The highest BCUT2D eigenvalue weighted by Crippen LogP contribution is 2.27. The van der Waals surface area contributed by atoms with Crippen molar-refractivity contribution in [1.82, 2.24) is 0 Å². The molecule has 0 heterocycles. The Morgan fingerprint density at radius 2 is 1.71 bits per heavy atom. The Balaban J connectivity index is 2.25. The molecule has 0 aliphatic heterocycles. The van der Waals surface area contributed by atoms with Crippen LogP contribution in [0, 0.1) is 11.8 Å². The van der Waals surface area contributed by atoms with E-state index < -0.39 is 0 Å². The van der Waals surface area contributed by atoms with Crippen molar-refractivity contribution in [3.8, 4) is 23.3 Å². The molecule has 2 N–H and O–H groups in total. The number of ether oxygens (including phenoxy) is 3. The Labute approximate surface area is 124 Å². The van der Waals surface area contributed by atoms with E-state index in [1.165, 1.54) is 0 Å². The number of rotatable bonds is 4. The molecule has 21 heavy (non-hydrogen) atoms. The van der Waals surface area contributed by atoms with E-state index in [1.807, 2.05) is 42.5 Å². The Kier molecular flexibility index (Phi) is 5.08. The van der Waals surface area contributed by atoms with Crippen molar-refractivity contribution >= 4 is 5.69 Å². The highest BCUT2D eigenvalue weighted by Gasteiger charge is 2.04. The molecular weight excluding hydrogens is 266 g/mol. The largest absolute Gasteiger partial charge is 0.493 e. The first-order chi connectivity index (χ1) is 10.2. The summed E-state index contributed by atoms with van der Waals surface area (Å²) in [5.41, 5.74) is 8.11. The fourth-order valence-electron chi connectivity index (χ4n) is 1.75. The van der Waals surface area contributed by atoms with E-state index in [9.17, 15) is 0 Å². The van der Waals surface area contributed by atoms with Crippen LogP contribution in [0.3, 0.4) is 0 Å². The van der Waals surface area contributed by atoms with Gasteiger partial charge in [0.25, 0.3) is 0 Å². The fourth-order valence-corrected chi connectivity index (χ4v) is 1.75. The molecule has 0 fully saturated rings. The van der Waals surface area contributed by atoms with Crippen molar-refractivity contribution in [2.24, 2.45) is 0 Å². The number of nitrogen functional groups attached to an aromatic ring is 1. The van der Waals surface area contributed by atoms with Crippen molar-refractivity contribution in [2.75, 3.05) is 26.7 Å². The number of nitrogens with two attached hydrogens (primary N) is 1. The van der Waals surface area contributed by atoms with E-state index in [0.29, 0.717) is 17.2 Å². The average molecular weight is 283 g/mol. The van der Waals surface area contributed by atoms with Gasteiger partial charge in [-0.2, -0.15) is 0 Å². The van der Waals surface area contributed by atoms with E-state index in [-0.39, 0.29) is 6.79 Å². The number of hydrogen-bond acceptors (Lipinski definition) is 4.